The minimum Gasteiger partial charge on any atom is -0.465 e. The van der Waals surface area contributed by atoms with Crippen LogP contribution in [0.4, 0.5) is 0 Å². The van der Waals surface area contributed by atoms with Crippen molar-refractivity contribution in [3.63, 3.8) is 0 Å². The quantitative estimate of drug-likeness (QED) is 0.0356. The summed E-state index contributed by atoms with van der Waals surface area (Å²) >= 11 is 0. The molecule has 0 saturated carbocycles. The largest absolute Gasteiger partial charge is 0.465 e. The average molecular weight is 778 g/mol. The third kappa shape index (κ3) is 26.1. The van der Waals surface area contributed by atoms with E-state index in [0.717, 1.165) is 109 Å². The zero-order valence-corrected chi connectivity index (χ0v) is 37.6. The maximum atomic E-state index is 13.1. The van der Waals surface area contributed by atoms with Crippen molar-refractivity contribution in [1.29, 1.82) is 0 Å². The van der Waals surface area contributed by atoms with E-state index < -0.39 is 10.8 Å². The highest BCUT2D eigenvalue weighted by Crippen LogP contribution is 2.28. The van der Waals surface area contributed by atoms with Crippen molar-refractivity contribution in [2.24, 2.45) is 10.8 Å². The van der Waals surface area contributed by atoms with Crippen LogP contribution in [-0.4, -0.2) is 61.3 Å². The minimum atomic E-state index is -0.480. The number of hydrogen-bond acceptors (Lipinski definition) is 7. The number of rotatable bonds is 36. The van der Waals surface area contributed by atoms with Gasteiger partial charge in [0.15, 0.2) is 0 Å². The first-order valence-electron chi connectivity index (χ1n) is 23.7. The van der Waals surface area contributed by atoms with Crippen molar-refractivity contribution in [3.8, 4) is 0 Å². The summed E-state index contributed by atoms with van der Waals surface area (Å²) in [5, 5.41) is 0. The molecule has 0 aromatic rings. The van der Waals surface area contributed by atoms with Gasteiger partial charge >= 0.3 is 17.9 Å². The first-order chi connectivity index (χ1) is 26.5. The Balaban J connectivity index is 2.48. The lowest BCUT2D eigenvalue weighted by molar-refractivity contribution is -0.155. The van der Waals surface area contributed by atoms with E-state index in [9.17, 15) is 14.4 Å². The number of ether oxygens (including phenoxy) is 3. The van der Waals surface area contributed by atoms with Crippen LogP contribution < -0.4 is 0 Å². The second kappa shape index (κ2) is 32.3. The molecule has 0 aliphatic carbocycles. The molecule has 324 valence electrons. The molecule has 0 aromatic heterocycles. The van der Waals surface area contributed by atoms with E-state index in [1.165, 1.54) is 89.9 Å². The van der Waals surface area contributed by atoms with E-state index in [1.54, 1.807) is 0 Å². The van der Waals surface area contributed by atoms with Gasteiger partial charge in [-0.05, 0) is 118 Å². The van der Waals surface area contributed by atoms with Crippen LogP contribution >= 0.6 is 0 Å². The van der Waals surface area contributed by atoms with E-state index in [4.69, 9.17) is 14.2 Å². The molecule has 0 aromatic carbocycles. The monoisotopic (exact) mass is 778 g/mol. The number of likely N-dealkylation sites (tertiary alicyclic amines) is 1. The molecule has 0 radical (unpaired) electrons. The lowest BCUT2D eigenvalue weighted by Gasteiger charge is -2.35. The van der Waals surface area contributed by atoms with E-state index in [1.807, 2.05) is 27.7 Å². The summed E-state index contributed by atoms with van der Waals surface area (Å²) < 4.78 is 17.5. The molecule has 7 nitrogen and oxygen atoms in total. The normalized spacial score (nSPS) is 15.4. The maximum Gasteiger partial charge on any atom is 0.311 e. The molecular weight excluding hydrogens is 687 g/mol. The number of unbranched alkanes of at least 4 members (excludes halogenated alkanes) is 16. The topological polar surface area (TPSA) is 82.1 Å². The van der Waals surface area contributed by atoms with Crippen LogP contribution in [0.5, 0.6) is 0 Å². The molecule has 1 aliphatic rings. The van der Waals surface area contributed by atoms with Crippen LogP contribution in [0.15, 0.2) is 0 Å². The molecule has 1 fully saturated rings. The van der Waals surface area contributed by atoms with Gasteiger partial charge in [0.05, 0.1) is 24.0 Å². The fourth-order valence-electron chi connectivity index (χ4n) is 8.02. The Morgan fingerprint density at radius 1 is 0.582 bits per heavy atom. The van der Waals surface area contributed by atoms with Crippen molar-refractivity contribution < 1.29 is 28.6 Å². The molecular formula is C48H91NO6. The molecule has 1 unspecified atom stereocenters. The van der Waals surface area contributed by atoms with E-state index in [-0.39, 0.29) is 24.0 Å². The van der Waals surface area contributed by atoms with Crippen LogP contribution in [0, 0.1) is 10.8 Å². The van der Waals surface area contributed by atoms with Gasteiger partial charge in [0.25, 0.3) is 0 Å². The zero-order chi connectivity index (χ0) is 40.6. The van der Waals surface area contributed by atoms with Crippen molar-refractivity contribution in [3.05, 3.63) is 0 Å². The van der Waals surface area contributed by atoms with Crippen LogP contribution in [0.25, 0.3) is 0 Å². The van der Waals surface area contributed by atoms with Crippen molar-refractivity contribution in [2.75, 3.05) is 26.3 Å². The maximum absolute atomic E-state index is 13.1. The highest BCUT2D eigenvalue weighted by atomic mass is 16.5. The van der Waals surface area contributed by atoms with Gasteiger partial charge < -0.3 is 19.1 Å². The summed E-state index contributed by atoms with van der Waals surface area (Å²) in [6.07, 6.45) is 32.4. The molecule has 1 rings (SSSR count). The molecule has 7 heteroatoms. The Morgan fingerprint density at radius 3 is 1.51 bits per heavy atom. The summed E-state index contributed by atoms with van der Waals surface area (Å²) in [6.45, 7) is 18.0. The summed E-state index contributed by atoms with van der Waals surface area (Å²) in [6, 6.07) is 0.659. The first kappa shape index (κ1) is 51.4. The molecule has 55 heavy (non-hydrogen) atoms. The number of nitrogens with zero attached hydrogens (tertiary/aromatic N) is 1. The van der Waals surface area contributed by atoms with E-state index in [2.05, 4.69) is 25.7 Å². The van der Waals surface area contributed by atoms with Gasteiger partial charge in [-0.3, -0.25) is 14.4 Å². The summed E-state index contributed by atoms with van der Waals surface area (Å²) in [5.74, 6) is -0.223. The van der Waals surface area contributed by atoms with E-state index >= 15 is 0 Å². The predicted octanol–water partition coefficient (Wildman–Crippen LogP) is 13.5. The molecule has 0 N–H and O–H groups in total. The first-order valence-corrected chi connectivity index (χ1v) is 23.7. The fourth-order valence-corrected chi connectivity index (χ4v) is 8.02. The summed E-state index contributed by atoms with van der Waals surface area (Å²) in [5.41, 5.74) is -0.960. The fraction of sp³-hybridized carbons (Fsp3) is 0.938. The third-order valence-electron chi connectivity index (χ3n) is 12.1. The number of carbonyl (C=O) groups excluding carboxylic acids is 3. The average Bonchev–Trinajstić information content (AvgIpc) is 3.16. The van der Waals surface area contributed by atoms with Gasteiger partial charge in [-0.1, -0.05) is 130 Å². The second-order valence-corrected chi connectivity index (χ2v) is 18.3. The highest BCUT2D eigenvalue weighted by molar-refractivity contribution is 5.76. The zero-order valence-electron chi connectivity index (χ0n) is 37.6. The van der Waals surface area contributed by atoms with Gasteiger partial charge in [-0.15, -0.1) is 0 Å². The van der Waals surface area contributed by atoms with Crippen LogP contribution in [0.3, 0.4) is 0 Å². The minimum absolute atomic E-state index is 0.0651. The number of piperidine rings is 1. The van der Waals surface area contributed by atoms with Gasteiger partial charge in [0.2, 0.25) is 0 Å². The standard InChI is InChI=1S/C48H91NO6/c1-8-11-13-15-17-19-29-40-53-45(51)47(4,5)36-26-21-23-33-43(55-44(50)35-31-39-49-38-28-25-32-42(49)10-3)34-24-22-27-37-48(6,7)46(52)54-41-30-20-18-16-14-12-9-2/h42-43H,8-41H2,1-7H3. The number of esters is 3. The Morgan fingerprint density at radius 2 is 1.04 bits per heavy atom. The highest BCUT2D eigenvalue weighted by Gasteiger charge is 2.30. The Kier molecular flexibility index (Phi) is 30.2. The lowest BCUT2D eigenvalue weighted by Crippen LogP contribution is -2.39. The third-order valence-corrected chi connectivity index (χ3v) is 12.1. The molecule has 0 spiro atoms. The summed E-state index contributed by atoms with van der Waals surface area (Å²) in [7, 11) is 0. The molecule has 0 amide bonds. The Hall–Kier alpha value is -1.63. The lowest BCUT2D eigenvalue weighted by atomic mass is 9.86. The van der Waals surface area contributed by atoms with Gasteiger partial charge in [0.1, 0.15) is 6.10 Å². The second-order valence-electron chi connectivity index (χ2n) is 18.3. The van der Waals surface area contributed by atoms with E-state index in [0.29, 0.717) is 25.7 Å². The van der Waals surface area contributed by atoms with Crippen molar-refractivity contribution >= 4 is 17.9 Å². The molecule has 1 atom stereocenters. The van der Waals surface area contributed by atoms with Crippen LogP contribution in [-0.2, 0) is 28.6 Å². The predicted molar refractivity (Wildman–Crippen MR) is 230 cm³/mol. The SMILES string of the molecule is CCCCCCCCCOC(=O)C(C)(C)CCCCCC(CCCCCC(C)(C)C(=O)OCCCCCCCCC)OC(=O)CCCN1CCCCC1CC. The van der Waals surface area contributed by atoms with Gasteiger partial charge in [0, 0.05) is 12.5 Å². The van der Waals surface area contributed by atoms with Crippen molar-refractivity contribution in [1.82, 2.24) is 4.90 Å². The Bertz CT molecular complexity index is 910. The molecule has 1 aliphatic heterocycles. The van der Waals surface area contributed by atoms with Crippen LogP contribution in [0.2, 0.25) is 0 Å². The molecule has 0 bridgehead atoms. The molecule has 1 saturated heterocycles. The van der Waals surface area contributed by atoms with Crippen molar-refractivity contribution in [2.45, 2.75) is 253 Å². The number of hydrogen-bond donors (Lipinski definition) is 0. The summed E-state index contributed by atoms with van der Waals surface area (Å²) in [4.78, 5) is 41.3. The number of carbonyl (C=O) groups is 3. The van der Waals surface area contributed by atoms with Crippen LogP contribution in [0.1, 0.15) is 241 Å². The van der Waals surface area contributed by atoms with Gasteiger partial charge in [-0.25, -0.2) is 0 Å². The van der Waals surface area contributed by atoms with Gasteiger partial charge in [-0.2, -0.15) is 0 Å². The smallest absolute Gasteiger partial charge is 0.311 e. The molecule has 1 heterocycles. The Labute approximate surface area is 340 Å².